The largest absolute Gasteiger partial charge is 0.452 e. The van der Waals surface area contributed by atoms with Crippen molar-refractivity contribution in [2.75, 3.05) is 24.6 Å². The molecule has 0 saturated carbocycles. The minimum atomic E-state index is -0.502. The molecule has 0 spiro atoms. The summed E-state index contributed by atoms with van der Waals surface area (Å²) in [7, 11) is 0. The summed E-state index contributed by atoms with van der Waals surface area (Å²) in [5.74, 6) is -0.126. The zero-order valence-corrected chi connectivity index (χ0v) is 13.9. The first-order chi connectivity index (χ1) is 11.1. The standard InChI is InChI=1S/C17H25N3O3/c1-3-7-13(2)19-15(21)12-23-17(22)14-8-6-9-18-16(14)20-10-4-5-11-20/h6,8-9,13H,3-5,7,10-12H2,1-2H3,(H,19,21)/t13-/m1/s1. The molecule has 2 rings (SSSR count). The average Bonchev–Trinajstić information content (AvgIpc) is 3.07. The summed E-state index contributed by atoms with van der Waals surface area (Å²) in [6.45, 7) is 5.53. The highest BCUT2D eigenvalue weighted by Gasteiger charge is 2.22. The third-order valence-electron chi connectivity index (χ3n) is 3.88. The number of carbonyl (C=O) groups is 2. The highest BCUT2D eigenvalue weighted by atomic mass is 16.5. The van der Waals surface area contributed by atoms with Crippen molar-refractivity contribution in [1.82, 2.24) is 10.3 Å². The Morgan fingerprint density at radius 1 is 1.39 bits per heavy atom. The third-order valence-corrected chi connectivity index (χ3v) is 3.88. The van der Waals surface area contributed by atoms with Gasteiger partial charge in [-0.15, -0.1) is 0 Å². The molecule has 0 aromatic carbocycles. The Labute approximate surface area is 137 Å². The number of aromatic nitrogens is 1. The molecule has 2 heterocycles. The van der Waals surface area contributed by atoms with Crippen LogP contribution in [-0.2, 0) is 9.53 Å². The number of hydrogen-bond acceptors (Lipinski definition) is 5. The fourth-order valence-electron chi connectivity index (χ4n) is 2.77. The second-order valence-electron chi connectivity index (χ2n) is 5.90. The average molecular weight is 319 g/mol. The maximum atomic E-state index is 12.3. The number of hydrogen-bond donors (Lipinski definition) is 1. The normalized spacial score (nSPS) is 15.3. The SMILES string of the molecule is CCC[C@@H](C)NC(=O)COC(=O)c1cccnc1N1CCCC1. The van der Waals surface area contributed by atoms with Crippen molar-refractivity contribution < 1.29 is 14.3 Å². The highest BCUT2D eigenvalue weighted by molar-refractivity contribution is 5.96. The molecule has 0 aliphatic carbocycles. The number of nitrogens with zero attached hydrogens (tertiary/aromatic N) is 2. The van der Waals surface area contributed by atoms with Crippen LogP contribution in [0.3, 0.4) is 0 Å². The monoisotopic (exact) mass is 319 g/mol. The summed E-state index contributed by atoms with van der Waals surface area (Å²) in [4.78, 5) is 30.4. The summed E-state index contributed by atoms with van der Waals surface area (Å²) in [5, 5.41) is 2.82. The van der Waals surface area contributed by atoms with Gasteiger partial charge in [-0.25, -0.2) is 9.78 Å². The van der Waals surface area contributed by atoms with Gasteiger partial charge in [0.1, 0.15) is 11.4 Å². The van der Waals surface area contributed by atoms with Gasteiger partial charge >= 0.3 is 5.97 Å². The summed E-state index contributed by atoms with van der Waals surface area (Å²) in [6.07, 6.45) is 5.77. The van der Waals surface area contributed by atoms with E-state index in [4.69, 9.17) is 4.74 Å². The van der Waals surface area contributed by atoms with Crippen molar-refractivity contribution in [1.29, 1.82) is 0 Å². The van der Waals surface area contributed by atoms with Crippen LogP contribution in [0.15, 0.2) is 18.3 Å². The highest BCUT2D eigenvalue weighted by Crippen LogP contribution is 2.22. The molecule has 1 aliphatic heterocycles. The Balaban J connectivity index is 1.92. The second-order valence-corrected chi connectivity index (χ2v) is 5.90. The van der Waals surface area contributed by atoms with Gasteiger partial charge < -0.3 is 15.0 Å². The van der Waals surface area contributed by atoms with Crippen LogP contribution in [0.25, 0.3) is 0 Å². The lowest BCUT2D eigenvalue weighted by Crippen LogP contribution is -2.35. The minimum Gasteiger partial charge on any atom is -0.452 e. The molecular formula is C17H25N3O3. The molecule has 6 heteroatoms. The van der Waals surface area contributed by atoms with Crippen molar-refractivity contribution >= 4 is 17.7 Å². The molecule has 1 aromatic rings. The Morgan fingerprint density at radius 3 is 2.83 bits per heavy atom. The van der Waals surface area contributed by atoms with E-state index in [0.717, 1.165) is 38.8 Å². The van der Waals surface area contributed by atoms with Crippen molar-refractivity contribution in [3.05, 3.63) is 23.9 Å². The predicted octanol–water partition coefficient (Wildman–Crippen LogP) is 2.14. The van der Waals surface area contributed by atoms with Crippen LogP contribution in [0.2, 0.25) is 0 Å². The number of nitrogens with one attached hydrogen (secondary N) is 1. The van der Waals surface area contributed by atoms with Crippen LogP contribution in [-0.4, -0.2) is 42.6 Å². The number of carbonyl (C=O) groups excluding carboxylic acids is 2. The van der Waals surface area contributed by atoms with E-state index in [2.05, 4.69) is 22.1 Å². The van der Waals surface area contributed by atoms with E-state index in [1.165, 1.54) is 0 Å². The Morgan fingerprint density at radius 2 is 2.13 bits per heavy atom. The summed E-state index contributed by atoms with van der Waals surface area (Å²) < 4.78 is 5.15. The zero-order valence-electron chi connectivity index (χ0n) is 13.9. The van der Waals surface area contributed by atoms with Gasteiger partial charge in [-0.3, -0.25) is 4.79 Å². The third kappa shape index (κ3) is 4.94. The van der Waals surface area contributed by atoms with E-state index >= 15 is 0 Å². The smallest absolute Gasteiger partial charge is 0.342 e. The van der Waals surface area contributed by atoms with Crippen LogP contribution in [0.5, 0.6) is 0 Å². The molecule has 1 atom stereocenters. The molecule has 1 aliphatic rings. The van der Waals surface area contributed by atoms with E-state index < -0.39 is 5.97 Å². The first kappa shape index (κ1) is 17.2. The maximum absolute atomic E-state index is 12.3. The number of pyridine rings is 1. The van der Waals surface area contributed by atoms with E-state index in [1.54, 1.807) is 18.3 Å². The number of amides is 1. The molecule has 1 amide bonds. The molecule has 126 valence electrons. The molecule has 1 N–H and O–H groups in total. The Hall–Kier alpha value is -2.11. The summed E-state index contributed by atoms with van der Waals surface area (Å²) in [5.41, 5.74) is 0.420. The van der Waals surface area contributed by atoms with Gasteiger partial charge in [0.2, 0.25) is 0 Å². The van der Waals surface area contributed by atoms with E-state index in [1.807, 2.05) is 6.92 Å². The fourth-order valence-corrected chi connectivity index (χ4v) is 2.77. The Bertz CT molecular complexity index is 542. The summed E-state index contributed by atoms with van der Waals surface area (Å²) in [6, 6.07) is 3.49. The van der Waals surface area contributed by atoms with Gasteiger partial charge in [-0.2, -0.15) is 0 Å². The molecule has 0 unspecified atom stereocenters. The van der Waals surface area contributed by atoms with Gasteiger partial charge in [0.25, 0.3) is 5.91 Å². The molecular weight excluding hydrogens is 294 g/mol. The van der Waals surface area contributed by atoms with Crippen LogP contribution in [0.4, 0.5) is 5.82 Å². The lowest BCUT2D eigenvalue weighted by Gasteiger charge is -2.19. The number of anilines is 1. The van der Waals surface area contributed by atoms with Gasteiger partial charge in [0.15, 0.2) is 6.61 Å². The van der Waals surface area contributed by atoms with Gasteiger partial charge in [-0.05, 0) is 38.3 Å². The number of esters is 1. The fraction of sp³-hybridized carbons (Fsp3) is 0.588. The molecule has 0 radical (unpaired) electrons. The zero-order chi connectivity index (χ0) is 16.7. The summed E-state index contributed by atoms with van der Waals surface area (Å²) >= 11 is 0. The van der Waals surface area contributed by atoms with E-state index in [0.29, 0.717) is 11.4 Å². The topological polar surface area (TPSA) is 71.5 Å². The first-order valence-corrected chi connectivity index (χ1v) is 8.28. The molecule has 6 nitrogen and oxygen atoms in total. The molecule has 1 aromatic heterocycles. The number of rotatable bonds is 7. The predicted molar refractivity (Wildman–Crippen MR) is 88.5 cm³/mol. The van der Waals surface area contributed by atoms with Gasteiger partial charge in [0, 0.05) is 25.3 Å². The van der Waals surface area contributed by atoms with Crippen molar-refractivity contribution in [2.45, 2.75) is 45.6 Å². The van der Waals surface area contributed by atoms with Crippen LogP contribution in [0, 0.1) is 0 Å². The molecule has 0 bridgehead atoms. The lowest BCUT2D eigenvalue weighted by molar-refractivity contribution is -0.124. The van der Waals surface area contributed by atoms with E-state index in [9.17, 15) is 9.59 Å². The van der Waals surface area contributed by atoms with Crippen molar-refractivity contribution in [2.24, 2.45) is 0 Å². The molecule has 1 saturated heterocycles. The first-order valence-electron chi connectivity index (χ1n) is 8.28. The van der Waals surface area contributed by atoms with E-state index in [-0.39, 0.29) is 18.6 Å². The van der Waals surface area contributed by atoms with Gasteiger partial charge in [0.05, 0.1) is 0 Å². The number of ether oxygens (including phenoxy) is 1. The second kappa shape index (κ2) is 8.50. The minimum absolute atomic E-state index is 0.0877. The molecule has 1 fully saturated rings. The Kier molecular flexibility index (Phi) is 6.38. The lowest BCUT2D eigenvalue weighted by atomic mass is 10.2. The van der Waals surface area contributed by atoms with Crippen molar-refractivity contribution in [3.8, 4) is 0 Å². The van der Waals surface area contributed by atoms with Gasteiger partial charge in [-0.1, -0.05) is 13.3 Å². The maximum Gasteiger partial charge on any atom is 0.342 e. The van der Waals surface area contributed by atoms with Crippen LogP contribution >= 0.6 is 0 Å². The van der Waals surface area contributed by atoms with Crippen molar-refractivity contribution in [3.63, 3.8) is 0 Å². The van der Waals surface area contributed by atoms with Crippen LogP contribution in [0.1, 0.15) is 49.9 Å². The quantitative estimate of drug-likeness (QED) is 0.780. The molecule has 23 heavy (non-hydrogen) atoms. The van der Waals surface area contributed by atoms with Crippen LogP contribution < -0.4 is 10.2 Å².